The van der Waals surface area contributed by atoms with Gasteiger partial charge in [-0.25, -0.2) is 0 Å². The standard InChI is InChI=1S/C17H24BrN3/c1-4-17(5-2)21-10-9-16(20-21)12-19-13(3)14-7-6-8-15(18)11-14/h6-11,13,17,19H,4-5,12H2,1-3H3/t13-/m0/s1. The van der Waals surface area contributed by atoms with Crippen LogP contribution in [0.1, 0.15) is 57.0 Å². The van der Waals surface area contributed by atoms with Crippen molar-refractivity contribution in [3.63, 3.8) is 0 Å². The Bertz CT molecular complexity index is 561. The molecular formula is C17H24BrN3. The predicted molar refractivity (Wildman–Crippen MR) is 91.2 cm³/mol. The summed E-state index contributed by atoms with van der Waals surface area (Å²) >= 11 is 3.52. The molecule has 21 heavy (non-hydrogen) atoms. The lowest BCUT2D eigenvalue weighted by Crippen LogP contribution is -2.18. The third-order valence-electron chi connectivity index (χ3n) is 3.92. The molecule has 1 aromatic carbocycles. The second-order valence-electron chi connectivity index (χ2n) is 5.42. The zero-order chi connectivity index (χ0) is 15.2. The van der Waals surface area contributed by atoms with Crippen LogP contribution < -0.4 is 5.32 Å². The summed E-state index contributed by atoms with van der Waals surface area (Å²) in [5, 5.41) is 8.21. The van der Waals surface area contributed by atoms with Gasteiger partial charge in [-0.05, 0) is 43.5 Å². The average Bonchev–Trinajstić information content (AvgIpc) is 2.95. The van der Waals surface area contributed by atoms with Gasteiger partial charge in [0.15, 0.2) is 0 Å². The van der Waals surface area contributed by atoms with Crippen LogP contribution in [0.5, 0.6) is 0 Å². The number of aromatic nitrogens is 2. The van der Waals surface area contributed by atoms with Gasteiger partial charge in [0.05, 0.1) is 11.7 Å². The van der Waals surface area contributed by atoms with Gasteiger partial charge in [0.2, 0.25) is 0 Å². The van der Waals surface area contributed by atoms with Gasteiger partial charge in [0.25, 0.3) is 0 Å². The predicted octanol–water partition coefficient (Wildman–Crippen LogP) is 4.86. The van der Waals surface area contributed by atoms with Crippen LogP contribution in [0.3, 0.4) is 0 Å². The van der Waals surface area contributed by atoms with Gasteiger partial charge in [-0.3, -0.25) is 4.68 Å². The van der Waals surface area contributed by atoms with E-state index < -0.39 is 0 Å². The highest BCUT2D eigenvalue weighted by Gasteiger charge is 2.09. The van der Waals surface area contributed by atoms with Crippen molar-refractivity contribution < 1.29 is 0 Å². The fourth-order valence-corrected chi connectivity index (χ4v) is 2.91. The van der Waals surface area contributed by atoms with E-state index in [4.69, 9.17) is 0 Å². The Hall–Kier alpha value is -1.13. The number of benzene rings is 1. The van der Waals surface area contributed by atoms with Crippen LogP contribution >= 0.6 is 15.9 Å². The average molecular weight is 350 g/mol. The third-order valence-corrected chi connectivity index (χ3v) is 4.41. The summed E-state index contributed by atoms with van der Waals surface area (Å²) in [5.74, 6) is 0. The van der Waals surface area contributed by atoms with Crippen molar-refractivity contribution in [3.05, 3.63) is 52.3 Å². The van der Waals surface area contributed by atoms with Crippen LogP contribution in [0.2, 0.25) is 0 Å². The molecule has 0 radical (unpaired) electrons. The molecule has 0 spiro atoms. The van der Waals surface area contributed by atoms with Crippen molar-refractivity contribution in [1.82, 2.24) is 15.1 Å². The fourth-order valence-electron chi connectivity index (χ4n) is 2.49. The second kappa shape index (κ2) is 7.76. The molecule has 3 nitrogen and oxygen atoms in total. The number of rotatable bonds is 7. The molecule has 1 aromatic heterocycles. The molecule has 0 saturated carbocycles. The number of nitrogens with zero attached hydrogens (tertiary/aromatic N) is 2. The number of hydrogen-bond donors (Lipinski definition) is 1. The quantitative estimate of drug-likeness (QED) is 0.773. The van der Waals surface area contributed by atoms with Crippen LogP contribution in [0, 0.1) is 0 Å². The highest BCUT2D eigenvalue weighted by atomic mass is 79.9. The molecule has 0 bridgehead atoms. The lowest BCUT2D eigenvalue weighted by atomic mass is 10.1. The summed E-state index contributed by atoms with van der Waals surface area (Å²) in [6.45, 7) is 7.40. The Morgan fingerprint density at radius 1 is 1.24 bits per heavy atom. The topological polar surface area (TPSA) is 29.9 Å². The molecule has 0 aliphatic carbocycles. The molecule has 4 heteroatoms. The van der Waals surface area contributed by atoms with Crippen LogP contribution in [-0.2, 0) is 6.54 Å². The minimum atomic E-state index is 0.306. The van der Waals surface area contributed by atoms with E-state index in [9.17, 15) is 0 Å². The van der Waals surface area contributed by atoms with Crippen molar-refractivity contribution in [2.45, 2.75) is 52.2 Å². The molecule has 0 fully saturated rings. The fraction of sp³-hybridized carbons (Fsp3) is 0.471. The zero-order valence-electron chi connectivity index (χ0n) is 13.0. The molecule has 1 N–H and O–H groups in total. The van der Waals surface area contributed by atoms with E-state index in [2.05, 4.69) is 82.3 Å². The van der Waals surface area contributed by atoms with Gasteiger partial charge in [0, 0.05) is 23.3 Å². The maximum atomic E-state index is 4.68. The van der Waals surface area contributed by atoms with Gasteiger partial charge in [-0.1, -0.05) is 41.9 Å². The summed E-state index contributed by atoms with van der Waals surface area (Å²) in [4.78, 5) is 0. The maximum Gasteiger partial charge on any atom is 0.0762 e. The SMILES string of the molecule is CCC(CC)n1ccc(CN[C@@H](C)c2cccc(Br)c2)n1. The van der Waals surface area contributed by atoms with Crippen molar-refractivity contribution in [2.75, 3.05) is 0 Å². The van der Waals surface area contributed by atoms with E-state index in [-0.39, 0.29) is 0 Å². The van der Waals surface area contributed by atoms with Crippen LogP contribution in [0.4, 0.5) is 0 Å². The normalized spacial score (nSPS) is 12.8. The third kappa shape index (κ3) is 4.42. The Morgan fingerprint density at radius 3 is 2.67 bits per heavy atom. The summed E-state index contributed by atoms with van der Waals surface area (Å²) in [6.07, 6.45) is 4.34. The van der Waals surface area contributed by atoms with Gasteiger partial charge in [0.1, 0.15) is 0 Å². The van der Waals surface area contributed by atoms with Gasteiger partial charge < -0.3 is 5.32 Å². The highest BCUT2D eigenvalue weighted by molar-refractivity contribution is 9.10. The molecule has 0 unspecified atom stereocenters. The minimum absolute atomic E-state index is 0.306. The molecule has 1 heterocycles. The molecule has 0 amide bonds. The van der Waals surface area contributed by atoms with Gasteiger partial charge >= 0.3 is 0 Å². The van der Waals surface area contributed by atoms with Crippen LogP contribution in [-0.4, -0.2) is 9.78 Å². The highest BCUT2D eigenvalue weighted by Crippen LogP contribution is 2.18. The Kier molecular flexibility index (Phi) is 6.00. The smallest absolute Gasteiger partial charge is 0.0762 e. The first-order chi connectivity index (χ1) is 10.1. The molecule has 0 saturated heterocycles. The molecular weight excluding hydrogens is 326 g/mol. The second-order valence-corrected chi connectivity index (χ2v) is 6.33. The molecule has 1 atom stereocenters. The number of halogens is 1. The lowest BCUT2D eigenvalue weighted by Gasteiger charge is -2.14. The first-order valence-electron chi connectivity index (χ1n) is 7.66. The maximum absolute atomic E-state index is 4.68. The summed E-state index contributed by atoms with van der Waals surface area (Å²) in [7, 11) is 0. The first kappa shape index (κ1) is 16.2. The van der Waals surface area contributed by atoms with E-state index in [1.54, 1.807) is 0 Å². The summed E-state index contributed by atoms with van der Waals surface area (Å²) in [5.41, 5.74) is 2.38. The largest absolute Gasteiger partial charge is 0.304 e. The van der Waals surface area contributed by atoms with E-state index in [1.807, 2.05) is 6.07 Å². The Labute approximate surface area is 135 Å². The van der Waals surface area contributed by atoms with Crippen molar-refractivity contribution >= 4 is 15.9 Å². The summed E-state index contributed by atoms with van der Waals surface area (Å²) in [6, 6.07) is 11.3. The number of nitrogens with one attached hydrogen (secondary N) is 1. The molecule has 114 valence electrons. The monoisotopic (exact) mass is 349 g/mol. The summed E-state index contributed by atoms with van der Waals surface area (Å²) < 4.78 is 3.22. The first-order valence-corrected chi connectivity index (χ1v) is 8.46. The van der Waals surface area contributed by atoms with E-state index in [0.717, 1.165) is 29.6 Å². The van der Waals surface area contributed by atoms with Crippen LogP contribution in [0.25, 0.3) is 0 Å². The lowest BCUT2D eigenvalue weighted by molar-refractivity contribution is 0.423. The van der Waals surface area contributed by atoms with E-state index in [1.165, 1.54) is 5.56 Å². The van der Waals surface area contributed by atoms with Crippen LogP contribution in [0.15, 0.2) is 41.0 Å². The van der Waals surface area contributed by atoms with Gasteiger partial charge in [-0.2, -0.15) is 5.10 Å². The zero-order valence-corrected chi connectivity index (χ0v) is 14.6. The van der Waals surface area contributed by atoms with Crippen molar-refractivity contribution in [1.29, 1.82) is 0 Å². The Balaban J connectivity index is 1.94. The molecule has 2 aromatic rings. The number of hydrogen-bond acceptors (Lipinski definition) is 2. The van der Waals surface area contributed by atoms with Crippen molar-refractivity contribution in [2.24, 2.45) is 0 Å². The van der Waals surface area contributed by atoms with Gasteiger partial charge in [-0.15, -0.1) is 0 Å². The molecule has 0 aliphatic heterocycles. The molecule has 0 aliphatic rings. The van der Waals surface area contributed by atoms with Crippen molar-refractivity contribution in [3.8, 4) is 0 Å². The Morgan fingerprint density at radius 2 is 2.00 bits per heavy atom. The van der Waals surface area contributed by atoms with E-state index in [0.29, 0.717) is 12.1 Å². The minimum Gasteiger partial charge on any atom is -0.304 e. The van der Waals surface area contributed by atoms with E-state index >= 15 is 0 Å². The molecule has 2 rings (SSSR count).